The normalized spacial score (nSPS) is 10.7. The predicted octanol–water partition coefficient (Wildman–Crippen LogP) is 0.839. The number of benzene rings is 1. The summed E-state index contributed by atoms with van der Waals surface area (Å²) in [5, 5.41) is 9.21. The van der Waals surface area contributed by atoms with Gasteiger partial charge in [-0.05, 0) is 24.2 Å². The van der Waals surface area contributed by atoms with Crippen LogP contribution < -0.4 is 5.73 Å². The Labute approximate surface area is 93.5 Å². The molecule has 88 valence electrons. The van der Waals surface area contributed by atoms with Gasteiger partial charge in [-0.25, -0.2) is 4.39 Å². The third-order valence-corrected chi connectivity index (χ3v) is 2.18. The van der Waals surface area contributed by atoms with E-state index in [0.717, 1.165) is 6.07 Å². The van der Waals surface area contributed by atoms with Gasteiger partial charge in [-0.3, -0.25) is 9.69 Å². The summed E-state index contributed by atoms with van der Waals surface area (Å²) in [5.41, 5.74) is 5.69. The molecule has 0 aliphatic heterocycles. The number of likely N-dealkylation sites (N-methyl/N-ethyl adjacent to an activating group) is 1. The van der Waals surface area contributed by atoms with Gasteiger partial charge in [0.2, 0.25) is 5.91 Å². The van der Waals surface area contributed by atoms with E-state index >= 15 is 0 Å². The number of amides is 1. The number of carbonyl (C=O) groups excluding carboxylic acids is 1. The molecular weight excluding hydrogens is 211 g/mol. The molecule has 0 saturated carbocycles. The maximum absolute atomic E-state index is 13.0. The molecule has 5 heteroatoms. The van der Waals surface area contributed by atoms with E-state index in [1.165, 1.54) is 12.1 Å². The van der Waals surface area contributed by atoms with Crippen LogP contribution in [0.4, 0.5) is 4.39 Å². The predicted molar refractivity (Wildman–Crippen MR) is 58.2 cm³/mol. The van der Waals surface area contributed by atoms with E-state index in [1.807, 2.05) is 6.92 Å². The van der Waals surface area contributed by atoms with E-state index < -0.39 is 11.7 Å². The average molecular weight is 226 g/mol. The van der Waals surface area contributed by atoms with Crippen molar-refractivity contribution in [3.63, 3.8) is 0 Å². The summed E-state index contributed by atoms with van der Waals surface area (Å²) in [7, 11) is 0. The van der Waals surface area contributed by atoms with Crippen LogP contribution in [0.3, 0.4) is 0 Å². The number of hydrogen-bond donors (Lipinski definition) is 2. The fraction of sp³-hybridized carbons (Fsp3) is 0.364. The number of phenolic OH excluding ortho intramolecular Hbond substituents is 1. The Morgan fingerprint density at radius 1 is 1.50 bits per heavy atom. The summed E-state index contributed by atoms with van der Waals surface area (Å²) in [6, 6.07) is 3.82. The molecule has 3 N–H and O–H groups in total. The Morgan fingerprint density at radius 3 is 2.69 bits per heavy atom. The van der Waals surface area contributed by atoms with Gasteiger partial charge in [0.15, 0.2) is 0 Å². The second-order valence-electron chi connectivity index (χ2n) is 3.59. The SMILES string of the molecule is CCN(CC(N)=O)Cc1cc(O)cc(F)c1. The van der Waals surface area contributed by atoms with Crippen molar-refractivity contribution in [2.75, 3.05) is 13.1 Å². The van der Waals surface area contributed by atoms with Crippen molar-refractivity contribution in [2.45, 2.75) is 13.5 Å². The van der Waals surface area contributed by atoms with Crippen molar-refractivity contribution in [1.29, 1.82) is 0 Å². The molecule has 0 fully saturated rings. The lowest BCUT2D eigenvalue weighted by atomic mass is 10.2. The molecule has 0 aliphatic rings. The number of phenols is 1. The Kier molecular flexibility index (Phi) is 4.25. The highest BCUT2D eigenvalue weighted by Crippen LogP contribution is 2.15. The van der Waals surface area contributed by atoms with Crippen LogP contribution >= 0.6 is 0 Å². The van der Waals surface area contributed by atoms with Crippen molar-refractivity contribution in [3.05, 3.63) is 29.6 Å². The number of carbonyl (C=O) groups is 1. The standard InChI is InChI=1S/C11H15FN2O2/c1-2-14(7-11(13)16)6-8-3-9(12)5-10(15)4-8/h3-5,15H,2,6-7H2,1H3,(H2,13,16). The lowest BCUT2D eigenvalue weighted by Crippen LogP contribution is -2.33. The number of rotatable bonds is 5. The first-order chi connectivity index (χ1) is 7.51. The zero-order valence-electron chi connectivity index (χ0n) is 9.11. The first-order valence-corrected chi connectivity index (χ1v) is 5.00. The topological polar surface area (TPSA) is 66.6 Å². The van der Waals surface area contributed by atoms with E-state index in [9.17, 15) is 14.3 Å². The number of primary amides is 1. The minimum absolute atomic E-state index is 0.119. The number of nitrogens with two attached hydrogens (primary N) is 1. The van der Waals surface area contributed by atoms with E-state index in [4.69, 9.17) is 5.73 Å². The monoisotopic (exact) mass is 226 g/mol. The summed E-state index contributed by atoms with van der Waals surface area (Å²) in [4.78, 5) is 12.5. The van der Waals surface area contributed by atoms with E-state index in [-0.39, 0.29) is 12.3 Å². The molecule has 0 aromatic heterocycles. The molecule has 0 saturated heterocycles. The molecule has 0 radical (unpaired) electrons. The summed E-state index contributed by atoms with van der Waals surface area (Å²) < 4.78 is 13.0. The highest BCUT2D eigenvalue weighted by molar-refractivity contribution is 5.75. The molecule has 1 aromatic carbocycles. The zero-order valence-corrected chi connectivity index (χ0v) is 9.11. The molecule has 0 bridgehead atoms. The van der Waals surface area contributed by atoms with Crippen molar-refractivity contribution >= 4 is 5.91 Å². The van der Waals surface area contributed by atoms with Gasteiger partial charge in [-0.1, -0.05) is 6.92 Å². The van der Waals surface area contributed by atoms with Gasteiger partial charge in [0.1, 0.15) is 11.6 Å². The lowest BCUT2D eigenvalue weighted by molar-refractivity contribution is -0.119. The summed E-state index contributed by atoms with van der Waals surface area (Å²) in [6.07, 6.45) is 0. The molecular formula is C11H15FN2O2. The van der Waals surface area contributed by atoms with Gasteiger partial charge in [-0.15, -0.1) is 0 Å². The minimum atomic E-state index is -0.495. The van der Waals surface area contributed by atoms with Crippen molar-refractivity contribution in [1.82, 2.24) is 4.90 Å². The third kappa shape index (κ3) is 3.86. The van der Waals surface area contributed by atoms with Gasteiger partial charge >= 0.3 is 0 Å². The van der Waals surface area contributed by atoms with Crippen LogP contribution in [0.2, 0.25) is 0 Å². The molecule has 0 unspecified atom stereocenters. The molecule has 0 heterocycles. The van der Waals surface area contributed by atoms with Crippen molar-refractivity contribution < 1.29 is 14.3 Å². The number of halogens is 1. The van der Waals surface area contributed by atoms with E-state index in [2.05, 4.69) is 0 Å². The van der Waals surface area contributed by atoms with E-state index in [0.29, 0.717) is 18.7 Å². The van der Waals surface area contributed by atoms with Crippen molar-refractivity contribution in [2.24, 2.45) is 5.73 Å². The Balaban J connectivity index is 2.73. The highest BCUT2D eigenvalue weighted by atomic mass is 19.1. The van der Waals surface area contributed by atoms with Crippen LogP contribution in [-0.2, 0) is 11.3 Å². The van der Waals surface area contributed by atoms with Crippen LogP contribution in [0.15, 0.2) is 18.2 Å². The Bertz CT molecular complexity index is 362. The van der Waals surface area contributed by atoms with Crippen LogP contribution in [0.1, 0.15) is 12.5 Å². The summed E-state index contributed by atoms with van der Waals surface area (Å²) >= 11 is 0. The quantitative estimate of drug-likeness (QED) is 0.781. The first-order valence-electron chi connectivity index (χ1n) is 5.00. The van der Waals surface area contributed by atoms with Crippen LogP contribution in [0, 0.1) is 5.82 Å². The van der Waals surface area contributed by atoms with Crippen LogP contribution in [0.5, 0.6) is 5.75 Å². The maximum atomic E-state index is 13.0. The first kappa shape index (κ1) is 12.4. The summed E-state index contributed by atoms with van der Waals surface area (Å²) in [5.74, 6) is -1.04. The van der Waals surface area contributed by atoms with E-state index in [1.54, 1.807) is 4.90 Å². The van der Waals surface area contributed by atoms with Gasteiger partial charge in [-0.2, -0.15) is 0 Å². The fourth-order valence-electron chi connectivity index (χ4n) is 1.48. The van der Waals surface area contributed by atoms with Crippen LogP contribution in [0.25, 0.3) is 0 Å². The van der Waals surface area contributed by atoms with Gasteiger partial charge in [0.05, 0.1) is 6.54 Å². The van der Waals surface area contributed by atoms with Crippen molar-refractivity contribution in [3.8, 4) is 5.75 Å². The highest BCUT2D eigenvalue weighted by Gasteiger charge is 2.08. The largest absolute Gasteiger partial charge is 0.508 e. The molecule has 1 amide bonds. The maximum Gasteiger partial charge on any atom is 0.231 e. The smallest absolute Gasteiger partial charge is 0.231 e. The third-order valence-electron chi connectivity index (χ3n) is 2.18. The molecule has 0 spiro atoms. The molecule has 16 heavy (non-hydrogen) atoms. The molecule has 1 rings (SSSR count). The van der Waals surface area contributed by atoms with Gasteiger partial charge in [0.25, 0.3) is 0 Å². The number of hydrogen-bond acceptors (Lipinski definition) is 3. The second-order valence-corrected chi connectivity index (χ2v) is 3.59. The minimum Gasteiger partial charge on any atom is -0.508 e. The zero-order chi connectivity index (χ0) is 12.1. The molecule has 1 aromatic rings. The lowest BCUT2D eigenvalue weighted by Gasteiger charge is -2.18. The van der Waals surface area contributed by atoms with Gasteiger partial charge in [0, 0.05) is 12.6 Å². The second kappa shape index (κ2) is 5.46. The number of nitrogens with zero attached hydrogens (tertiary/aromatic N) is 1. The molecule has 0 atom stereocenters. The summed E-state index contributed by atoms with van der Waals surface area (Å²) in [6.45, 7) is 3.00. The fourth-order valence-corrected chi connectivity index (χ4v) is 1.48. The average Bonchev–Trinajstić information content (AvgIpc) is 2.14. The Hall–Kier alpha value is -1.62. The molecule has 4 nitrogen and oxygen atoms in total. The molecule has 0 aliphatic carbocycles. The van der Waals surface area contributed by atoms with Crippen LogP contribution in [-0.4, -0.2) is 29.0 Å². The number of aromatic hydroxyl groups is 1. The Morgan fingerprint density at radius 2 is 2.19 bits per heavy atom. The van der Waals surface area contributed by atoms with Gasteiger partial charge < -0.3 is 10.8 Å².